The second kappa shape index (κ2) is 7.02. The molecule has 0 saturated carbocycles. The van der Waals surface area contributed by atoms with Crippen LogP contribution in [0.1, 0.15) is 38.5 Å². The van der Waals surface area contributed by atoms with Crippen LogP contribution < -0.4 is 5.73 Å². The van der Waals surface area contributed by atoms with Gasteiger partial charge in [0.2, 0.25) is 10.0 Å². The van der Waals surface area contributed by atoms with Gasteiger partial charge < -0.3 is 10.5 Å². The first-order chi connectivity index (χ1) is 9.09. The lowest BCUT2D eigenvalue weighted by Gasteiger charge is -2.29. The quantitative estimate of drug-likeness (QED) is 0.836. The van der Waals surface area contributed by atoms with Crippen molar-refractivity contribution in [2.75, 3.05) is 32.1 Å². The van der Waals surface area contributed by atoms with Gasteiger partial charge in [-0.05, 0) is 31.6 Å². The summed E-state index contributed by atoms with van der Waals surface area (Å²) in [5, 5.41) is 0. The van der Waals surface area contributed by atoms with Gasteiger partial charge in [0.1, 0.15) is 0 Å². The van der Waals surface area contributed by atoms with Crippen LogP contribution in [0.5, 0.6) is 0 Å². The highest BCUT2D eigenvalue weighted by Gasteiger charge is 2.30. The molecule has 112 valence electrons. The predicted molar refractivity (Wildman–Crippen MR) is 75.3 cm³/mol. The maximum Gasteiger partial charge on any atom is 0.215 e. The Balaban J connectivity index is 1.91. The van der Waals surface area contributed by atoms with Crippen molar-refractivity contribution in [3.8, 4) is 0 Å². The van der Waals surface area contributed by atoms with Crippen LogP contribution in [-0.2, 0) is 14.8 Å². The molecule has 2 unspecified atom stereocenters. The fourth-order valence-electron chi connectivity index (χ4n) is 2.91. The molecule has 0 amide bonds. The van der Waals surface area contributed by atoms with Gasteiger partial charge in [0, 0.05) is 25.7 Å². The Labute approximate surface area is 116 Å². The zero-order valence-corrected chi connectivity index (χ0v) is 12.4. The molecular weight excluding hydrogens is 264 g/mol. The van der Waals surface area contributed by atoms with E-state index in [0.717, 1.165) is 45.1 Å². The van der Waals surface area contributed by atoms with E-state index in [1.165, 1.54) is 0 Å². The van der Waals surface area contributed by atoms with E-state index in [0.29, 0.717) is 19.7 Å². The molecule has 5 nitrogen and oxygen atoms in total. The molecule has 0 aromatic heterocycles. The van der Waals surface area contributed by atoms with Crippen LogP contribution in [0.4, 0.5) is 0 Å². The Bertz CT molecular complexity index is 358. The minimum absolute atomic E-state index is 0.0705. The molecule has 19 heavy (non-hydrogen) atoms. The molecule has 6 heteroatoms. The third kappa shape index (κ3) is 4.41. The molecule has 0 radical (unpaired) electrons. The monoisotopic (exact) mass is 290 g/mol. The third-order valence-corrected chi connectivity index (χ3v) is 6.12. The summed E-state index contributed by atoms with van der Waals surface area (Å²) >= 11 is 0. The van der Waals surface area contributed by atoms with Crippen LogP contribution >= 0.6 is 0 Å². The Morgan fingerprint density at radius 3 is 2.42 bits per heavy atom. The lowest BCUT2D eigenvalue weighted by Crippen LogP contribution is -2.45. The van der Waals surface area contributed by atoms with Gasteiger partial charge >= 0.3 is 0 Å². The number of hydrogen-bond donors (Lipinski definition) is 1. The van der Waals surface area contributed by atoms with Gasteiger partial charge in [0.05, 0.1) is 12.4 Å². The van der Waals surface area contributed by atoms with Crippen LogP contribution in [0, 0.1) is 5.92 Å². The van der Waals surface area contributed by atoms with Crippen LogP contribution in [0.3, 0.4) is 0 Å². The first-order valence-electron chi connectivity index (χ1n) is 7.41. The Morgan fingerprint density at radius 2 is 1.84 bits per heavy atom. The second-order valence-corrected chi connectivity index (χ2v) is 7.75. The van der Waals surface area contributed by atoms with E-state index in [-0.39, 0.29) is 17.7 Å². The summed E-state index contributed by atoms with van der Waals surface area (Å²) in [6.45, 7) is 2.71. The fraction of sp³-hybridized carbons (Fsp3) is 1.00. The summed E-state index contributed by atoms with van der Waals surface area (Å²) in [5.74, 6) is 0.261. The van der Waals surface area contributed by atoms with Crippen LogP contribution in [0.25, 0.3) is 0 Å². The van der Waals surface area contributed by atoms with E-state index < -0.39 is 10.0 Å². The van der Waals surface area contributed by atoms with Crippen LogP contribution in [0.15, 0.2) is 0 Å². The van der Waals surface area contributed by atoms with Crippen molar-refractivity contribution >= 4 is 10.0 Å². The van der Waals surface area contributed by atoms with Gasteiger partial charge in [-0.3, -0.25) is 0 Å². The maximum absolute atomic E-state index is 12.4. The van der Waals surface area contributed by atoms with E-state index in [2.05, 4.69) is 0 Å². The Hall–Kier alpha value is -0.170. The summed E-state index contributed by atoms with van der Waals surface area (Å²) in [7, 11) is -3.20. The number of hydrogen-bond acceptors (Lipinski definition) is 4. The van der Waals surface area contributed by atoms with E-state index in [1.807, 2.05) is 0 Å². The first kappa shape index (κ1) is 15.2. The van der Waals surface area contributed by atoms with Gasteiger partial charge in [-0.25, -0.2) is 12.7 Å². The van der Waals surface area contributed by atoms with Crippen molar-refractivity contribution < 1.29 is 13.2 Å². The zero-order chi connectivity index (χ0) is 13.7. The van der Waals surface area contributed by atoms with Gasteiger partial charge in [-0.2, -0.15) is 0 Å². The van der Waals surface area contributed by atoms with Crippen LogP contribution in [-0.4, -0.2) is 50.8 Å². The third-order valence-electron chi connectivity index (χ3n) is 4.16. The van der Waals surface area contributed by atoms with Gasteiger partial charge in [-0.1, -0.05) is 12.8 Å². The molecule has 0 aliphatic carbocycles. The fourth-order valence-corrected chi connectivity index (χ4v) is 4.69. The Kier molecular flexibility index (Phi) is 5.62. The van der Waals surface area contributed by atoms with E-state index in [9.17, 15) is 8.42 Å². The molecule has 0 bridgehead atoms. The highest BCUT2D eigenvalue weighted by molar-refractivity contribution is 7.89. The Morgan fingerprint density at radius 1 is 1.16 bits per heavy atom. The van der Waals surface area contributed by atoms with Crippen molar-refractivity contribution in [1.29, 1.82) is 0 Å². The SMILES string of the molecule is NC(CS(=O)(=O)N1CCCCCC1)C1CCCOC1. The molecule has 0 aromatic carbocycles. The molecule has 2 N–H and O–H groups in total. The molecule has 2 heterocycles. The average molecular weight is 290 g/mol. The summed E-state index contributed by atoms with van der Waals surface area (Å²) < 4.78 is 31.8. The molecule has 2 rings (SSSR count). The number of ether oxygens (including phenoxy) is 1. The van der Waals surface area contributed by atoms with Gasteiger partial charge in [-0.15, -0.1) is 0 Å². The number of rotatable bonds is 4. The van der Waals surface area contributed by atoms with Gasteiger partial charge in [0.15, 0.2) is 0 Å². The van der Waals surface area contributed by atoms with Crippen molar-refractivity contribution in [3.63, 3.8) is 0 Å². The minimum atomic E-state index is -3.20. The molecular formula is C13H26N2O3S. The topological polar surface area (TPSA) is 72.6 Å². The normalized spacial score (nSPS) is 28.8. The van der Waals surface area contributed by atoms with E-state index >= 15 is 0 Å². The van der Waals surface area contributed by atoms with Gasteiger partial charge in [0.25, 0.3) is 0 Å². The van der Waals surface area contributed by atoms with Crippen molar-refractivity contribution in [2.45, 2.75) is 44.6 Å². The molecule has 0 spiro atoms. The van der Waals surface area contributed by atoms with Crippen LogP contribution in [0.2, 0.25) is 0 Å². The molecule has 2 saturated heterocycles. The first-order valence-corrected chi connectivity index (χ1v) is 9.01. The maximum atomic E-state index is 12.4. The van der Waals surface area contributed by atoms with Crippen molar-refractivity contribution in [1.82, 2.24) is 4.31 Å². The summed E-state index contributed by atoms with van der Waals surface area (Å²) in [6, 6.07) is -0.298. The highest BCUT2D eigenvalue weighted by atomic mass is 32.2. The average Bonchev–Trinajstić information content (AvgIpc) is 2.68. The lowest BCUT2D eigenvalue weighted by molar-refractivity contribution is 0.0475. The van der Waals surface area contributed by atoms with Crippen molar-refractivity contribution in [3.05, 3.63) is 0 Å². The number of nitrogens with zero attached hydrogens (tertiary/aromatic N) is 1. The molecule has 2 atom stereocenters. The molecule has 0 aromatic rings. The highest BCUT2D eigenvalue weighted by Crippen LogP contribution is 2.20. The minimum Gasteiger partial charge on any atom is -0.381 e. The largest absolute Gasteiger partial charge is 0.381 e. The zero-order valence-electron chi connectivity index (χ0n) is 11.6. The number of nitrogens with two attached hydrogens (primary N) is 1. The van der Waals surface area contributed by atoms with E-state index in [4.69, 9.17) is 10.5 Å². The summed E-state index contributed by atoms with van der Waals surface area (Å²) in [6.07, 6.45) is 6.18. The standard InChI is InChI=1S/C13H26N2O3S/c14-13(12-6-5-9-18-10-12)11-19(16,17)15-7-3-1-2-4-8-15/h12-13H,1-11,14H2. The lowest BCUT2D eigenvalue weighted by atomic mass is 9.96. The van der Waals surface area contributed by atoms with Crippen molar-refractivity contribution in [2.24, 2.45) is 11.7 Å². The molecule has 2 fully saturated rings. The number of sulfonamides is 1. The summed E-state index contributed by atoms with van der Waals surface area (Å²) in [4.78, 5) is 0. The second-order valence-electron chi connectivity index (χ2n) is 5.73. The predicted octanol–water partition coefficient (Wildman–Crippen LogP) is 0.946. The smallest absolute Gasteiger partial charge is 0.215 e. The molecule has 2 aliphatic heterocycles. The molecule has 2 aliphatic rings. The van der Waals surface area contributed by atoms with E-state index in [1.54, 1.807) is 4.31 Å². The summed E-state index contributed by atoms with van der Waals surface area (Å²) in [5.41, 5.74) is 6.09.